The molecule has 4 heteroatoms. The van der Waals surface area contributed by atoms with Gasteiger partial charge in [-0.25, -0.2) is 0 Å². The van der Waals surface area contributed by atoms with Crippen LogP contribution in [0.25, 0.3) is 0 Å². The van der Waals surface area contributed by atoms with Gasteiger partial charge in [0, 0.05) is 0 Å². The van der Waals surface area contributed by atoms with E-state index >= 15 is 0 Å². The number of hydrogen-bond donors (Lipinski definition) is 2. The molecule has 0 aliphatic rings. The number of halogens is 1. The Morgan fingerprint density at radius 3 is 2.43 bits per heavy atom. The fourth-order valence-corrected chi connectivity index (χ4v) is 3.75. The molecule has 0 saturated heterocycles. The molecule has 0 spiro atoms. The van der Waals surface area contributed by atoms with E-state index in [1.165, 1.54) is 4.23 Å². The first-order chi connectivity index (χ1) is 6.72. The molecule has 14 heavy (non-hydrogen) atoms. The monoisotopic (exact) mass is 428 g/mol. The quantitative estimate of drug-likeness (QED) is 0.771. The van der Waals surface area contributed by atoms with Crippen molar-refractivity contribution in [2.75, 3.05) is 5.32 Å². The van der Waals surface area contributed by atoms with Gasteiger partial charge in [0.1, 0.15) is 0 Å². The van der Waals surface area contributed by atoms with Crippen molar-refractivity contribution in [2.45, 2.75) is 19.9 Å². The molecule has 2 N–H and O–H groups in total. The molecule has 0 atom stereocenters. The number of anilines is 1. The third-order valence-electron chi connectivity index (χ3n) is 1.51. The maximum absolute atomic E-state index is 3.59. The summed E-state index contributed by atoms with van der Waals surface area (Å²) in [5.41, 5.74) is 1.14. The van der Waals surface area contributed by atoms with Crippen molar-refractivity contribution < 1.29 is 15.5 Å². The zero-order valence-corrected chi connectivity index (χ0v) is 12.5. The summed E-state index contributed by atoms with van der Waals surface area (Å²) in [7, 11) is 0. The van der Waals surface area contributed by atoms with E-state index in [4.69, 9.17) is 0 Å². The Labute approximate surface area is 99.4 Å². The molecule has 0 unspecified atom stereocenters. The molecule has 0 heterocycles. The van der Waals surface area contributed by atoms with Gasteiger partial charge in [-0.15, -0.1) is 0 Å². The summed E-state index contributed by atoms with van der Waals surface area (Å²) < 4.78 is 1.24. The molecule has 1 aromatic carbocycles. The fourth-order valence-electron chi connectivity index (χ4n) is 0.976. The summed E-state index contributed by atoms with van der Waals surface area (Å²) in [5, 5.41) is 6.79. The van der Waals surface area contributed by atoms with Crippen LogP contribution < -0.4 is 10.6 Å². The summed E-state index contributed by atoms with van der Waals surface area (Å²) in [5.74, 6) is 0. The second kappa shape index (κ2) is 6.47. The first-order valence-corrected chi connectivity index (χ1v) is 11.7. The minimum atomic E-state index is -0.467. The van der Waals surface area contributed by atoms with Crippen LogP contribution in [0, 0.1) is 0 Å². The SMILES string of the molecule is CC(C)N[C](Nc1ccccc1)=[Re][Br]. The average Bonchev–Trinajstić information content (AvgIpc) is 2.17. The molecule has 0 saturated carbocycles. The second-order valence-electron chi connectivity index (χ2n) is 3.18. The van der Waals surface area contributed by atoms with E-state index in [1.807, 2.05) is 18.2 Å². The third kappa shape index (κ3) is 4.48. The number of hydrogen-bond acceptors (Lipinski definition) is 2. The third-order valence-corrected chi connectivity index (χ3v) is 5.21. The van der Waals surface area contributed by atoms with Gasteiger partial charge in [-0.05, 0) is 0 Å². The topological polar surface area (TPSA) is 24.1 Å². The van der Waals surface area contributed by atoms with Crippen LogP contribution in [-0.2, 0) is 15.5 Å². The van der Waals surface area contributed by atoms with Crippen LogP contribution in [0.2, 0.25) is 0 Å². The van der Waals surface area contributed by atoms with Gasteiger partial charge in [0.2, 0.25) is 0 Å². The van der Waals surface area contributed by atoms with Gasteiger partial charge in [0.05, 0.1) is 0 Å². The first kappa shape index (κ1) is 12.1. The fraction of sp³-hybridized carbons (Fsp3) is 0.300. The first-order valence-electron chi connectivity index (χ1n) is 4.44. The molecule has 0 aliphatic heterocycles. The summed E-state index contributed by atoms with van der Waals surface area (Å²) in [6.07, 6.45) is 0. The van der Waals surface area contributed by atoms with Crippen molar-refractivity contribution in [1.29, 1.82) is 0 Å². The molecule has 2 nitrogen and oxygen atoms in total. The Morgan fingerprint density at radius 2 is 1.93 bits per heavy atom. The Kier molecular flexibility index (Phi) is 5.58. The Bertz CT molecular complexity index is 298. The summed E-state index contributed by atoms with van der Waals surface area (Å²) >= 11 is 3.13. The van der Waals surface area contributed by atoms with E-state index < -0.39 is 15.5 Å². The van der Waals surface area contributed by atoms with Crippen molar-refractivity contribution in [3.8, 4) is 0 Å². The average molecular weight is 428 g/mol. The van der Waals surface area contributed by atoms with Gasteiger partial charge in [-0.1, -0.05) is 0 Å². The number of para-hydroxylation sites is 1. The molecule has 1 aromatic rings. The van der Waals surface area contributed by atoms with Gasteiger partial charge in [-0.2, -0.15) is 0 Å². The molecule has 0 amide bonds. The molecule has 0 aliphatic carbocycles. The van der Waals surface area contributed by atoms with E-state index in [1.54, 1.807) is 0 Å². The molecule has 78 valence electrons. The Hall–Kier alpha value is -0.00766. The summed E-state index contributed by atoms with van der Waals surface area (Å²) in [6, 6.07) is 10.7. The van der Waals surface area contributed by atoms with E-state index in [0.29, 0.717) is 6.04 Å². The van der Waals surface area contributed by atoms with Crippen molar-refractivity contribution in [3.05, 3.63) is 30.3 Å². The molecule has 0 radical (unpaired) electrons. The predicted molar refractivity (Wildman–Crippen MR) is 62.3 cm³/mol. The molecular weight excluding hydrogens is 414 g/mol. The minimum absolute atomic E-state index is 0.467. The van der Waals surface area contributed by atoms with Crippen molar-refractivity contribution >= 4 is 23.3 Å². The van der Waals surface area contributed by atoms with E-state index in [0.717, 1.165) is 5.69 Å². The van der Waals surface area contributed by atoms with E-state index in [2.05, 4.69) is 50.0 Å². The van der Waals surface area contributed by atoms with Crippen LogP contribution in [0.5, 0.6) is 0 Å². The second-order valence-corrected chi connectivity index (χ2v) is 7.50. The molecule has 0 aromatic heterocycles. The van der Waals surface area contributed by atoms with Crippen LogP contribution in [0.3, 0.4) is 0 Å². The van der Waals surface area contributed by atoms with Crippen LogP contribution in [-0.4, -0.2) is 10.3 Å². The van der Waals surface area contributed by atoms with Gasteiger partial charge in [0.15, 0.2) is 0 Å². The molecular formula is C10H14BrN2Re. The molecule has 0 bridgehead atoms. The van der Waals surface area contributed by atoms with Crippen molar-refractivity contribution in [1.82, 2.24) is 5.32 Å². The Balaban J connectivity index is 2.58. The van der Waals surface area contributed by atoms with Crippen LogP contribution >= 0.6 is 13.4 Å². The van der Waals surface area contributed by atoms with Gasteiger partial charge < -0.3 is 0 Å². The number of benzene rings is 1. The predicted octanol–water partition coefficient (Wildman–Crippen LogP) is 2.58. The van der Waals surface area contributed by atoms with Gasteiger partial charge in [-0.3, -0.25) is 0 Å². The number of rotatable bonds is 4. The standard InChI is InChI=1S/C10H14N2.BrH.Re/c1-9(2)11-8-12-10-6-4-3-5-7-10;;/h3-7,9,11-12H,1-2H3;1H;/q;;+1/p-1. The zero-order valence-electron chi connectivity index (χ0n) is 8.22. The van der Waals surface area contributed by atoms with Crippen LogP contribution in [0.4, 0.5) is 5.69 Å². The summed E-state index contributed by atoms with van der Waals surface area (Å²) in [6.45, 7) is 4.29. The molecule has 1 rings (SSSR count). The maximum atomic E-state index is 3.59. The van der Waals surface area contributed by atoms with Gasteiger partial charge >= 0.3 is 99.7 Å². The molecule has 0 fully saturated rings. The summed E-state index contributed by atoms with van der Waals surface area (Å²) in [4.78, 5) is 0. The van der Waals surface area contributed by atoms with Crippen LogP contribution in [0.1, 0.15) is 13.8 Å². The van der Waals surface area contributed by atoms with Crippen molar-refractivity contribution in [3.63, 3.8) is 0 Å². The Morgan fingerprint density at radius 1 is 1.29 bits per heavy atom. The van der Waals surface area contributed by atoms with E-state index in [-0.39, 0.29) is 0 Å². The zero-order chi connectivity index (χ0) is 10.4. The number of nitrogens with one attached hydrogen (secondary N) is 2. The van der Waals surface area contributed by atoms with Gasteiger partial charge in [0.25, 0.3) is 0 Å². The van der Waals surface area contributed by atoms with E-state index in [9.17, 15) is 0 Å². The van der Waals surface area contributed by atoms with Crippen LogP contribution in [0.15, 0.2) is 30.3 Å². The van der Waals surface area contributed by atoms with Crippen molar-refractivity contribution in [2.24, 2.45) is 0 Å². The normalized spacial score (nSPS) is 12.4.